The first-order chi connectivity index (χ1) is 21.9. The van der Waals surface area contributed by atoms with E-state index in [1.807, 2.05) is 36.1 Å². The molecule has 11 heteroatoms. The number of rotatable bonds is 6. The van der Waals surface area contributed by atoms with E-state index in [9.17, 15) is 14.4 Å². The number of nitrogens with zero attached hydrogens (tertiary/aromatic N) is 3. The molecule has 45 heavy (non-hydrogen) atoms. The molecule has 234 valence electrons. The Balaban J connectivity index is 1.34. The SMILES string of the molecule is CCCC(=O)OCOc1c2n(ccc1=O)N([C@@H]1c3ccccc3SCc3cccc(F)c31)[C@@H]1[C@H]3C[C@@H]4CC[C@@]3(CCN1C2=O)O4. The number of pyridine rings is 1. The van der Waals surface area contributed by atoms with Crippen LogP contribution in [0.4, 0.5) is 4.39 Å². The summed E-state index contributed by atoms with van der Waals surface area (Å²) in [5.74, 6) is -0.729. The van der Waals surface area contributed by atoms with E-state index in [2.05, 4.69) is 11.1 Å². The highest BCUT2D eigenvalue weighted by Gasteiger charge is 2.63. The van der Waals surface area contributed by atoms with E-state index in [-0.39, 0.29) is 47.2 Å². The second kappa shape index (κ2) is 10.9. The minimum Gasteiger partial charge on any atom is -0.451 e. The predicted molar refractivity (Wildman–Crippen MR) is 164 cm³/mol. The first-order valence-corrected chi connectivity index (χ1v) is 16.7. The summed E-state index contributed by atoms with van der Waals surface area (Å²) in [4.78, 5) is 42.7. The maximum absolute atomic E-state index is 16.2. The van der Waals surface area contributed by atoms with Gasteiger partial charge in [-0.25, -0.2) is 4.39 Å². The van der Waals surface area contributed by atoms with Gasteiger partial charge in [0.15, 0.2) is 5.69 Å². The number of halogens is 1. The monoisotopic (exact) mass is 631 g/mol. The lowest BCUT2D eigenvalue weighted by atomic mass is 9.71. The van der Waals surface area contributed by atoms with Crippen LogP contribution in [0.2, 0.25) is 0 Å². The molecule has 0 N–H and O–H groups in total. The molecule has 0 aliphatic carbocycles. The number of benzene rings is 2. The summed E-state index contributed by atoms with van der Waals surface area (Å²) in [5.41, 5.74) is 1.53. The molecule has 0 radical (unpaired) electrons. The van der Waals surface area contributed by atoms with Gasteiger partial charge < -0.3 is 19.1 Å². The number of carbonyl (C=O) groups excluding carboxylic acids is 2. The maximum Gasteiger partial charge on any atom is 0.308 e. The third kappa shape index (κ3) is 4.41. The summed E-state index contributed by atoms with van der Waals surface area (Å²) in [6, 6.07) is 13.9. The molecular weight excluding hydrogens is 597 g/mol. The average molecular weight is 632 g/mol. The highest BCUT2D eigenvalue weighted by atomic mass is 32.2. The lowest BCUT2D eigenvalue weighted by Crippen LogP contribution is -2.70. The van der Waals surface area contributed by atoms with Crippen LogP contribution in [-0.4, -0.2) is 52.7 Å². The second-order valence-corrected chi connectivity index (χ2v) is 13.5. The summed E-state index contributed by atoms with van der Waals surface area (Å²) in [7, 11) is 0. The number of piperidine rings is 1. The van der Waals surface area contributed by atoms with Crippen LogP contribution in [0.5, 0.6) is 5.75 Å². The Bertz CT molecular complexity index is 1760. The fraction of sp³-hybridized carbons (Fsp3) is 0.441. The Morgan fingerprint density at radius 3 is 2.84 bits per heavy atom. The largest absolute Gasteiger partial charge is 0.451 e. The van der Waals surface area contributed by atoms with Crippen molar-refractivity contribution in [3.05, 3.63) is 93.2 Å². The summed E-state index contributed by atoms with van der Waals surface area (Å²) in [5, 5.41) is 2.09. The van der Waals surface area contributed by atoms with Crippen molar-refractivity contribution < 1.29 is 28.2 Å². The van der Waals surface area contributed by atoms with E-state index in [1.54, 1.807) is 28.7 Å². The zero-order chi connectivity index (χ0) is 30.9. The fourth-order valence-corrected chi connectivity index (χ4v) is 9.29. The second-order valence-electron chi connectivity index (χ2n) is 12.5. The van der Waals surface area contributed by atoms with Crippen LogP contribution in [0, 0.1) is 11.7 Å². The van der Waals surface area contributed by atoms with Crippen molar-refractivity contribution in [1.82, 2.24) is 9.58 Å². The van der Waals surface area contributed by atoms with Crippen molar-refractivity contribution in [2.24, 2.45) is 5.92 Å². The number of aromatic nitrogens is 1. The van der Waals surface area contributed by atoms with Gasteiger partial charge in [-0.1, -0.05) is 37.3 Å². The minimum atomic E-state index is -0.626. The molecule has 1 spiro atoms. The van der Waals surface area contributed by atoms with E-state index in [4.69, 9.17) is 14.2 Å². The van der Waals surface area contributed by atoms with Crippen molar-refractivity contribution in [3.8, 4) is 5.75 Å². The van der Waals surface area contributed by atoms with Crippen LogP contribution in [0.25, 0.3) is 0 Å². The van der Waals surface area contributed by atoms with Gasteiger partial charge in [0.1, 0.15) is 18.0 Å². The third-order valence-electron chi connectivity index (χ3n) is 10.1. The van der Waals surface area contributed by atoms with E-state index >= 15 is 4.39 Å². The van der Waals surface area contributed by atoms with Gasteiger partial charge in [0.2, 0.25) is 18.0 Å². The van der Waals surface area contributed by atoms with Gasteiger partial charge in [-0.2, -0.15) is 0 Å². The number of ether oxygens (including phenoxy) is 3. The summed E-state index contributed by atoms with van der Waals surface area (Å²) < 4.78 is 35.6. The number of carbonyl (C=O) groups is 2. The lowest BCUT2D eigenvalue weighted by molar-refractivity contribution is -0.150. The van der Waals surface area contributed by atoms with Crippen LogP contribution in [0.1, 0.15) is 78.7 Å². The first-order valence-electron chi connectivity index (χ1n) is 15.7. The lowest BCUT2D eigenvalue weighted by Gasteiger charge is -2.57. The molecule has 6 heterocycles. The third-order valence-corrected chi connectivity index (χ3v) is 11.3. The number of esters is 1. The Morgan fingerprint density at radius 2 is 2.00 bits per heavy atom. The molecule has 2 bridgehead atoms. The van der Waals surface area contributed by atoms with E-state index in [0.29, 0.717) is 30.7 Å². The molecule has 0 saturated carbocycles. The number of thioether (sulfide) groups is 1. The molecular formula is C34H34FN3O6S. The van der Waals surface area contributed by atoms with E-state index < -0.39 is 30.4 Å². The van der Waals surface area contributed by atoms with E-state index in [0.717, 1.165) is 35.3 Å². The molecule has 9 nitrogen and oxygen atoms in total. The molecule has 3 saturated heterocycles. The van der Waals surface area contributed by atoms with Crippen molar-refractivity contribution in [2.75, 3.05) is 18.3 Å². The Labute approximate surface area is 264 Å². The zero-order valence-corrected chi connectivity index (χ0v) is 25.8. The summed E-state index contributed by atoms with van der Waals surface area (Å²) >= 11 is 1.66. The van der Waals surface area contributed by atoms with Gasteiger partial charge in [-0.15, -0.1) is 11.8 Å². The molecule has 3 aromatic rings. The molecule has 3 fully saturated rings. The van der Waals surface area contributed by atoms with Gasteiger partial charge in [0.05, 0.1) is 11.7 Å². The Morgan fingerprint density at radius 1 is 1.13 bits per heavy atom. The number of hydrogen-bond donors (Lipinski definition) is 0. The normalized spacial score (nSPS) is 27.6. The quantitative estimate of drug-likeness (QED) is 0.274. The molecule has 5 aliphatic heterocycles. The predicted octanol–water partition coefficient (Wildman–Crippen LogP) is 5.12. The topological polar surface area (TPSA) is 90.3 Å². The molecule has 5 aliphatic rings. The fourth-order valence-electron chi connectivity index (χ4n) is 8.21. The zero-order valence-electron chi connectivity index (χ0n) is 24.9. The van der Waals surface area contributed by atoms with Crippen molar-refractivity contribution in [3.63, 3.8) is 0 Å². The highest BCUT2D eigenvalue weighted by Crippen LogP contribution is 2.57. The first kappa shape index (κ1) is 28.6. The molecule has 8 rings (SSSR count). The van der Waals surface area contributed by atoms with Gasteiger partial charge in [0, 0.05) is 47.4 Å². The van der Waals surface area contributed by atoms with Crippen molar-refractivity contribution in [2.45, 2.75) is 80.0 Å². The van der Waals surface area contributed by atoms with Gasteiger partial charge >= 0.3 is 5.97 Å². The standard InChI is InChI=1S/C34H34FN3O6S/c1-2-6-27(40)42-19-43-31-25(39)12-15-37-30(31)33(41)36-16-14-34-13-11-21(44-34)17-23(34)32(36)38(37)29-22-8-3-4-10-26(22)45-18-20-7-5-9-24(35)28(20)29/h3-5,7-10,12,15,21,23,29,32H,2,6,11,13-14,16-19H2,1H3/t21-,23+,29+,32+,34-/m0/s1. The summed E-state index contributed by atoms with van der Waals surface area (Å²) in [6.45, 7) is 1.79. The summed E-state index contributed by atoms with van der Waals surface area (Å²) in [6.07, 6.45) is 5.49. The number of fused-ring (bicyclic) bond motifs is 6. The van der Waals surface area contributed by atoms with Crippen LogP contribution in [-0.2, 0) is 20.0 Å². The smallest absolute Gasteiger partial charge is 0.308 e. The van der Waals surface area contributed by atoms with Crippen LogP contribution in [0.3, 0.4) is 0 Å². The van der Waals surface area contributed by atoms with Gasteiger partial charge in [0.25, 0.3) is 5.91 Å². The Kier molecular flexibility index (Phi) is 6.94. The highest BCUT2D eigenvalue weighted by molar-refractivity contribution is 7.98. The molecule has 1 aromatic heterocycles. The van der Waals surface area contributed by atoms with Crippen molar-refractivity contribution >= 4 is 23.6 Å². The van der Waals surface area contributed by atoms with Crippen molar-refractivity contribution in [1.29, 1.82) is 0 Å². The van der Waals surface area contributed by atoms with E-state index in [1.165, 1.54) is 12.1 Å². The van der Waals surface area contributed by atoms with Crippen LogP contribution >= 0.6 is 11.8 Å². The van der Waals surface area contributed by atoms with Gasteiger partial charge in [-0.05, 0) is 55.4 Å². The molecule has 2 aromatic carbocycles. The Hall–Kier alpha value is -3.83. The van der Waals surface area contributed by atoms with Crippen LogP contribution in [0.15, 0.2) is 64.4 Å². The number of hydrogen-bond acceptors (Lipinski definition) is 8. The maximum atomic E-state index is 16.2. The average Bonchev–Trinajstić information content (AvgIpc) is 3.57. The van der Waals surface area contributed by atoms with Gasteiger partial charge in [-0.3, -0.25) is 24.1 Å². The molecule has 1 amide bonds. The molecule has 0 unspecified atom stereocenters. The number of amides is 1. The minimum absolute atomic E-state index is 0.0146. The molecule has 5 atom stereocenters. The van der Waals surface area contributed by atoms with Crippen LogP contribution < -0.4 is 15.2 Å².